The molecular formula is C24H22N4OS3. The number of anilines is 1. The summed E-state index contributed by atoms with van der Waals surface area (Å²) < 4.78 is 1.11. The Morgan fingerprint density at radius 2 is 1.84 bits per heavy atom. The van der Waals surface area contributed by atoms with Crippen LogP contribution in [0.2, 0.25) is 0 Å². The number of thiazole rings is 1. The van der Waals surface area contributed by atoms with E-state index in [1.165, 1.54) is 22.3 Å². The summed E-state index contributed by atoms with van der Waals surface area (Å²) in [6, 6.07) is 14.4. The number of rotatable bonds is 4. The number of thioether (sulfide) groups is 2. The topological polar surface area (TPSA) is 48.8 Å². The molecule has 32 heavy (non-hydrogen) atoms. The highest BCUT2D eigenvalue weighted by molar-refractivity contribution is 8.18. The van der Waals surface area contributed by atoms with E-state index in [9.17, 15) is 4.79 Å². The van der Waals surface area contributed by atoms with Crippen LogP contribution in [0.4, 0.5) is 11.4 Å². The van der Waals surface area contributed by atoms with Gasteiger partial charge in [-0.1, -0.05) is 23.9 Å². The SMILES string of the molecule is CCN1C(=O)/C(=C/C=C2/Sc3ccccc3N2CC)SC1=Nc1ccc2nc(C)sc2c1. The lowest BCUT2D eigenvalue weighted by atomic mass is 10.3. The van der Waals surface area contributed by atoms with Crippen molar-refractivity contribution in [2.75, 3.05) is 18.0 Å². The predicted octanol–water partition coefficient (Wildman–Crippen LogP) is 6.55. The van der Waals surface area contributed by atoms with Crippen molar-refractivity contribution in [1.29, 1.82) is 0 Å². The number of para-hydroxylation sites is 1. The van der Waals surface area contributed by atoms with Crippen LogP contribution in [0.25, 0.3) is 10.2 Å². The van der Waals surface area contributed by atoms with Crippen molar-refractivity contribution in [2.45, 2.75) is 25.7 Å². The van der Waals surface area contributed by atoms with Crippen LogP contribution >= 0.6 is 34.9 Å². The molecule has 162 valence electrons. The fourth-order valence-corrected chi connectivity index (χ4v) is 6.74. The first-order valence-electron chi connectivity index (χ1n) is 10.5. The molecule has 2 aromatic carbocycles. The average Bonchev–Trinajstić information content (AvgIpc) is 3.43. The van der Waals surface area contributed by atoms with Gasteiger partial charge in [-0.05, 0) is 75.0 Å². The summed E-state index contributed by atoms with van der Waals surface area (Å²) in [6.07, 6.45) is 3.99. The maximum absolute atomic E-state index is 13.0. The number of carbonyl (C=O) groups excluding carboxylic acids is 1. The second-order valence-electron chi connectivity index (χ2n) is 7.28. The first-order valence-corrected chi connectivity index (χ1v) is 12.9. The van der Waals surface area contributed by atoms with Gasteiger partial charge in [0.05, 0.1) is 36.5 Å². The van der Waals surface area contributed by atoms with E-state index in [0.717, 1.165) is 37.7 Å². The maximum atomic E-state index is 13.0. The van der Waals surface area contributed by atoms with E-state index >= 15 is 0 Å². The van der Waals surface area contributed by atoms with Gasteiger partial charge in [-0.2, -0.15) is 0 Å². The second kappa shape index (κ2) is 8.77. The van der Waals surface area contributed by atoms with Gasteiger partial charge in [-0.3, -0.25) is 9.69 Å². The number of aromatic nitrogens is 1. The zero-order chi connectivity index (χ0) is 22.2. The molecule has 1 amide bonds. The molecule has 2 aliphatic rings. The molecular weight excluding hydrogens is 456 g/mol. The van der Waals surface area contributed by atoms with E-state index in [1.807, 2.05) is 38.1 Å². The zero-order valence-corrected chi connectivity index (χ0v) is 20.5. The van der Waals surface area contributed by atoms with Crippen LogP contribution in [0.3, 0.4) is 0 Å². The lowest BCUT2D eigenvalue weighted by Crippen LogP contribution is -2.28. The first kappa shape index (κ1) is 21.3. The van der Waals surface area contributed by atoms with E-state index in [4.69, 9.17) is 4.99 Å². The Bertz CT molecular complexity index is 1310. The highest BCUT2D eigenvalue weighted by Crippen LogP contribution is 2.45. The minimum atomic E-state index is 0.00590. The molecule has 1 fully saturated rings. The van der Waals surface area contributed by atoms with Gasteiger partial charge in [-0.25, -0.2) is 9.98 Å². The van der Waals surface area contributed by atoms with Crippen molar-refractivity contribution in [1.82, 2.24) is 9.88 Å². The maximum Gasteiger partial charge on any atom is 0.266 e. The van der Waals surface area contributed by atoms with E-state index < -0.39 is 0 Å². The monoisotopic (exact) mass is 478 g/mol. The number of fused-ring (bicyclic) bond motifs is 2. The van der Waals surface area contributed by atoms with Gasteiger partial charge in [0.1, 0.15) is 0 Å². The van der Waals surface area contributed by atoms with Crippen LogP contribution in [0.1, 0.15) is 18.9 Å². The standard InChI is InChI=1S/C24H22N4OS3/c1-4-27-18-8-6-7-9-19(18)31-22(27)13-12-20-23(29)28(5-2)24(32-20)26-16-10-11-17-21(14-16)30-15(3)25-17/h6-14H,4-5H2,1-3H3/b20-12-,22-13+,26-24?. The average molecular weight is 479 g/mol. The molecule has 0 atom stereocenters. The highest BCUT2D eigenvalue weighted by atomic mass is 32.2. The Morgan fingerprint density at radius 3 is 2.66 bits per heavy atom. The summed E-state index contributed by atoms with van der Waals surface area (Å²) in [4.78, 5) is 28.3. The summed E-state index contributed by atoms with van der Waals surface area (Å²) in [5.41, 5.74) is 3.05. The summed E-state index contributed by atoms with van der Waals surface area (Å²) in [5, 5.41) is 2.89. The Labute approximate surface area is 199 Å². The zero-order valence-electron chi connectivity index (χ0n) is 18.0. The van der Waals surface area contributed by atoms with E-state index in [-0.39, 0.29) is 5.91 Å². The Balaban J connectivity index is 1.43. The van der Waals surface area contributed by atoms with Gasteiger partial charge in [0.2, 0.25) is 0 Å². The Kier molecular flexibility index (Phi) is 5.84. The summed E-state index contributed by atoms with van der Waals surface area (Å²) in [6.45, 7) is 7.60. The summed E-state index contributed by atoms with van der Waals surface area (Å²) in [7, 11) is 0. The molecule has 0 N–H and O–H groups in total. The first-order chi connectivity index (χ1) is 15.6. The minimum absolute atomic E-state index is 0.00590. The number of likely N-dealkylation sites (N-methyl/N-ethyl adjacent to an activating group) is 1. The van der Waals surface area contributed by atoms with Crippen LogP contribution in [0.15, 0.2) is 74.4 Å². The van der Waals surface area contributed by atoms with Gasteiger partial charge in [0, 0.05) is 18.0 Å². The molecule has 5 nitrogen and oxygen atoms in total. The van der Waals surface area contributed by atoms with Gasteiger partial charge < -0.3 is 4.90 Å². The Morgan fingerprint density at radius 1 is 1.03 bits per heavy atom. The molecule has 0 radical (unpaired) electrons. The van der Waals surface area contributed by atoms with Gasteiger partial charge >= 0.3 is 0 Å². The molecule has 0 spiro atoms. The van der Waals surface area contributed by atoms with Crippen LogP contribution in [-0.2, 0) is 4.79 Å². The molecule has 3 heterocycles. The molecule has 0 bridgehead atoms. The van der Waals surface area contributed by atoms with Gasteiger partial charge in [0.15, 0.2) is 5.17 Å². The smallest absolute Gasteiger partial charge is 0.266 e. The number of carbonyl (C=O) groups is 1. The van der Waals surface area contributed by atoms with Gasteiger partial charge in [-0.15, -0.1) is 11.3 Å². The third-order valence-electron chi connectivity index (χ3n) is 5.24. The highest BCUT2D eigenvalue weighted by Gasteiger charge is 2.32. The van der Waals surface area contributed by atoms with E-state index in [1.54, 1.807) is 28.0 Å². The van der Waals surface area contributed by atoms with Crippen LogP contribution in [0.5, 0.6) is 0 Å². The van der Waals surface area contributed by atoms with Gasteiger partial charge in [0.25, 0.3) is 5.91 Å². The van der Waals surface area contributed by atoms with Crippen LogP contribution in [-0.4, -0.2) is 34.0 Å². The molecule has 8 heteroatoms. The minimum Gasteiger partial charge on any atom is -0.335 e. The lowest BCUT2D eigenvalue weighted by Gasteiger charge is -2.17. The molecule has 0 aliphatic carbocycles. The molecule has 2 aliphatic heterocycles. The predicted molar refractivity (Wildman–Crippen MR) is 138 cm³/mol. The van der Waals surface area contributed by atoms with Crippen molar-refractivity contribution >= 4 is 67.5 Å². The fourth-order valence-electron chi connectivity index (χ4n) is 3.74. The fraction of sp³-hybridized carbons (Fsp3) is 0.208. The molecule has 5 rings (SSSR count). The number of hydrogen-bond acceptors (Lipinski definition) is 7. The lowest BCUT2D eigenvalue weighted by molar-refractivity contribution is -0.122. The van der Waals surface area contributed by atoms with Crippen LogP contribution < -0.4 is 4.90 Å². The largest absolute Gasteiger partial charge is 0.335 e. The van der Waals surface area contributed by atoms with Crippen molar-refractivity contribution in [3.63, 3.8) is 0 Å². The number of benzene rings is 2. The number of aryl methyl sites for hydroxylation is 1. The number of nitrogens with zero attached hydrogens (tertiary/aromatic N) is 4. The molecule has 1 aromatic heterocycles. The van der Waals surface area contributed by atoms with E-state index in [2.05, 4.69) is 47.1 Å². The van der Waals surface area contributed by atoms with Crippen molar-refractivity contribution in [3.05, 3.63) is 69.6 Å². The number of hydrogen-bond donors (Lipinski definition) is 0. The number of amides is 1. The van der Waals surface area contributed by atoms with Crippen molar-refractivity contribution in [3.8, 4) is 0 Å². The summed E-state index contributed by atoms with van der Waals surface area (Å²) in [5.74, 6) is 0.00590. The molecule has 0 unspecified atom stereocenters. The number of allylic oxidation sites excluding steroid dienone is 2. The van der Waals surface area contributed by atoms with Crippen LogP contribution in [0, 0.1) is 6.92 Å². The molecule has 0 saturated carbocycles. The second-order valence-corrected chi connectivity index (χ2v) is 10.6. The molecule has 1 saturated heterocycles. The van der Waals surface area contributed by atoms with Crippen molar-refractivity contribution < 1.29 is 4.79 Å². The molecule has 3 aromatic rings. The van der Waals surface area contributed by atoms with E-state index in [0.29, 0.717) is 11.4 Å². The quantitative estimate of drug-likeness (QED) is 0.398. The summed E-state index contributed by atoms with van der Waals surface area (Å²) >= 11 is 4.83. The third kappa shape index (κ3) is 3.87. The van der Waals surface area contributed by atoms with Crippen molar-refractivity contribution in [2.24, 2.45) is 4.99 Å². The number of amidine groups is 1. The number of aliphatic imine (C=N–C) groups is 1. The third-order valence-corrected chi connectivity index (χ3v) is 8.33. The Hall–Kier alpha value is -2.55. The normalized spacial score (nSPS) is 19.8.